The molecule has 1 heterocycles. The van der Waals surface area contributed by atoms with Crippen LogP contribution in [0.15, 0.2) is 30.3 Å². The maximum atomic E-state index is 11.4. The molecule has 0 saturated carbocycles. The van der Waals surface area contributed by atoms with Gasteiger partial charge in [0.1, 0.15) is 0 Å². The molecule has 4 nitrogen and oxygen atoms in total. The molecule has 0 aliphatic carbocycles. The summed E-state index contributed by atoms with van der Waals surface area (Å²) in [5.74, 6) is 0.161. The van der Waals surface area contributed by atoms with Gasteiger partial charge in [-0.15, -0.1) is 0 Å². The SMILES string of the molecule is CC(C)(C)C1[C@@H](C(N)c2ccccc2)CCN1C(=O)O. The number of rotatable bonds is 2. The highest BCUT2D eigenvalue weighted by molar-refractivity contribution is 5.66. The van der Waals surface area contributed by atoms with Crippen LogP contribution in [0.5, 0.6) is 0 Å². The fraction of sp³-hybridized carbons (Fsp3) is 0.562. The van der Waals surface area contributed by atoms with Crippen LogP contribution in [-0.2, 0) is 0 Å². The fourth-order valence-electron chi connectivity index (χ4n) is 3.44. The standard InChI is InChI=1S/C16H24N2O2/c1-16(2,3)14-12(9-10-18(14)15(19)20)13(17)11-7-5-4-6-8-11/h4-8,12-14H,9-10,17H2,1-3H3,(H,19,20)/t12-,13?,14?/m1/s1. The largest absolute Gasteiger partial charge is 0.465 e. The monoisotopic (exact) mass is 276 g/mol. The molecule has 1 aliphatic heterocycles. The summed E-state index contributed by atoms with van der Waals surface area (Å²) in [5, 5.41) is 9.40. The number of carboxylic acid groups (broad SMARTS) is 1. The van der Waals surface area contributed by atoms with E-state index in [4.69, 9.17) is 5.73 Å². The summed E-state index contributed by atoms with van der Waals surface area (Å²) >= 11 is 0. The van der Waals surface area contributed by atoms with Gasteiger partial charge in [-0.05, 0) is 17.4 Å². The lowest BCUT2D eigenvalue weighted by Crippen LogP contribution is -2.47. The molecule has 1 fully saturated rings. The minimum Gasteiger partial charge on any atom is -0.465 e. The Bertz CT molecular complexity index is 467. The minimum atomic E-state index is -0.840. The van der Waals surface area contributed by atoms with Crippen molar-refractivity contribution in [1.82, 2.24) is 4.90 Å². The van der Waals surface area contributed by atoms with Crippen molar-refractivity contribution in [2.24, 2.45) is 17.1 Å². The summed E-state index contributed by atoms with van der Waals surface area (Å²) in [6.07, 6.45) is -0.0164. The number of nitrogens with zero attached hydrogens (tertiary/aromatic N) is 1. The lowest BCUT2D eigenvalue weighted by atomic mass is 9.75. The predicted octanol–water partition coefficient (Wildman–Crippen LogP) is 3.10. The van der Waals surface area contributed by atoms with Crippen LogP contribution in [0.1, 0.15) is 38.8 Å². The highest BCUT2D eigenvalue weighted by Gasteiger charge is 2.46. The maximum Gasteiger partial charge on any atom is 0.407 e. The van der Waals surface area contributed by atoms with E-state index in [0.717, 1.165) is 12.0 Å². The smallest absolute Gasteiger partial charge is 0.407 e. The molecule has 2 rings (SSSR count). The molecule has 0 spiro atoms. The summed E-state index contributed by atoms with van der Waals surface area (Å²) in [5.41, 5.74) is 7.39. The van der Waals surface area contributed by atoms with Crippen LogP contribution in [0, 0.1) is 11.3 Å². The second kappa shape index (κ2) is 5.44. The average Bonchev–Trinajstić information content (AvgIpc) is 2.83. The molecular formula is C16H24N2O2. The summed E-state index contributed by atoms with van der Waals surface area (Å²) < 4.78 is 0. The highest BCUT2D eigenvalue weighted by Crippen LogP contribution is 2.42. The first kappa shape index (κ1) is 14.9. The molecule has 0 bridgehead atoms. The summed E-state index contributed by atoms with van der Waals surface area (Å²) in [6.45, 7) is 6.83. The zero-order chi connectivity index (χ0) is 14.9. The van der Waals surface area contributed by atoms with Gasteiger partial charge in [0.05, 0.1) is 0 Å². The molecule has 1 saturated heterocycles. The maximum absolute atomic E-state index is 11.4. The van der Waals surface area contributed by atoms with E-state index < -0.39 is 6.09 Å². The summed E-state index contributed by atoms with van der Waals surface area (Å²) in [6, 6.07) is 9.80. The van der Waals surface area contributed by atoms with E-state index in [1.807, 2.05) is 30.3 Å². The van der Waals surface area contributed by atoms with E-state index in [9.17, 15) is 9.90 Å². The van der Waals surface area contributed by atoms with Gasteiger partial charge in [-0.1, -0.05) is 51.1 Å². The third-order valence-corrected chi connectivity index (χ3v) is 4.22. The second-order valence-corrected chi connectivity index (χ2v) is 6.68. The Morgan fingerprint density at radius 1 is 1.35 bits per heavy atom. The fourth-order valence-corrected chi connectivity index (χ4v) is 3.44. The Morgan fingerprint density at radius 2 is 1.95 bits per heavy atom. The van der Waals surface area contributed by atoms with Crippen molar-refractivity contribution < 1.29 is 9.90 Å². The van der Waals surface area contributed by atoms with E-state index >= 15 is 0 Å². The van der Waals surface area contributed by atoms with E-state index in [-0.39, 0.29) is 23.4 Å². The van der Waals surface area contributed by atoms with Crippen molar-refractivity contribution in [3.63, 3.8) is 0 Å². The summed E-state index contributed by atoms with van der Waals surface area (Å²) in [4.78, 5) is 13.0. The first-order valence-corrected chi connectivity index (χ1v) is 7.12. The Morgan fingerprint density at radius 3 is 2.45 bits per heavy atom. The zero-order valence-electron chi connectivity index (χ0n) is 12.4. The van der Waals surface area contributed by atoms with E-state index in [2.05, 4.69) is 20.8 Å². The average molecular weight is 276 g/mol. The molecular weight excluding hydrogens is 252 g/mol. The Labute approximate surface area is 120 Å². The second-order valence-electron chi connectivity index (χ2n) is 6.68. The molecule has 1 aliphatic rings. The van der Waals surface area contributed by atoms with Crippen LogP contribution in [0.4, 0.5) is 4.79 Å². The van der Waals surface area contributed by atoms with Gasteiger partial charge < -0.3 is 15.7 Å². The molecule has 20 heavy (non-hydrogen) atoms. The molecule has 0 aromatic heterocycles. The Kier molecular flexibility index (Phi) is 4.04. The van der Waals surface area contributed by atoms with Gasteiger partial charge in [-0.2, -0.15) is 0 Å². The number of benzene rings is 1. The Hall–Kier alpha value is -1.55. The number of hydrogen-bond donors (Lipinski definition) is 2. The van der Waals surface area contributed by atoms with Crippen LogP contribution in [0.25, 0.3) is 0 Å². The van der Waals surface area contributed by atoms with E-state index in [0.29, 0.717) is 6.54 Å². The Balaban J connectivity index is 2.29. The molecule has 110 valence electrons. The van der Waals surface area contributed by atoms with Gasteiger partial charge in [0, 0.05) is 24.5 Å². The van der Waals surface area contributed by atoms with Crippen molar-refractivity contribution in [1.29, 1.82) is 0 Å². The number of amides is 1. The quantitative estimate of drug-likeness (QED) is 0.872. The molecule has 4 heteroatoms. The van der Waals surface area contributed by atoms with E-state index in [1.165, 1.54) is 0 Å². The number of hydrogen-bond acceptors (Lipinski definition) is 2. The molecule has 1 amide bonds. The van der Waals surface area contributed by atoms with Crippen LogP contribution in [0.3, 0.4) is 0 Å². The third-order valence-electron chi connectivity index (χ3n) is 4.22. The molecule has 1 aromatic carbocycles. The van der Waals surface area contributed by atoms with Gasteiger partial charge in [0.25, 0.3) is 0 Å². The van der Waals surface area contributed by atoms with Crippen LogP contribution in [-0.4, -0.2) is 28.7 Å². The van der Waals surface area contributed by atoms with E-state index in [1.54, 1.807) is 4.90 Å². The summed E-state index contributed by atoms with van der Waals surface area (Å²) in [7, 11) is 0. The van der Waals surface area contributed by atoms with Crippen LogP contribution >= 0.6 is 0 Å². The zero-order valence-corrected chi connectivity index (χ0v) is 12.4. The van der Waals surface area contributed by atoms with Crippen molar-refractivity contribution in [3.05, 3.63) is 35.9 Å². The van der Waals surface area contributed by atoms with Gasteiger partial charge in [0.2, 0.25) is 0 Å². The van der Waals surface area contributed by atoms with Crippen molar-refractivity contribution in [2.45, 2.75) is 39.3 Å². The van der Waals surface area contributed by atoms with Gasteiger partial charge in [-0.3, -0.25) is 0 Å². The molecule has 0 radical (unpaired) electrons. The topological polar surface area (TPSA) is 66.6 Å². The number of carbonyl (C=O) groups is 1. The first-order valence-electron chi connectivity index (χ1n) is 7.12. The van der Waals surface area contributed by atoms with Gasteiger partial charge in [0.15, 0.2) is 0 Å². The molecule has 3 atom stereocenters. The minimum absolute atomic E-state index is 0.0461. The van der Waals surface area contributed by atoms with Crippen LogP contribution < -0.4 is 5.73 Å². The van der Waals surface area contributed by atoms with Crippen LogP contribution in [0.2, 0.25) is 0 Å². The number of likely N-dealkylation sites (tertiary alicyclic amines) is 1. The highest BCUT2D eigenvalue weighted by atomic mass is 16.4. The predicted molar refractivity (Wildman–Crippen MR) is 79.5 cm³/mol. The first-order chi connectivity index (χ1) is 9.32. The lowest BCUT2D eigenvalue weighted by Gasteiger charge is -2.39. The van der Waals surface area contributed by atoms with Gasteiger partial charge >= 0.3 is 6.09 Å². The molecule has 3 N–H and O–H groups in total. The van der Waals surface area contributed by atoms with Gasteiger partial charge in [-0.25, -0.2) is 4.79 Å². The number of nitrogens with two attached hydrogens (primary N) is 1. The molecule has 1 aromatic rings. The third kappa shape index (κ3) is 2.80. The van der Waals surface area contributed by atoms with Crippen molar-refractivity contribution in [2.75, 3.05) is 6.54 Å². The van der Waals surface area contributed by atoms with Crippen molar-refractivity contribution >= 4 is 6.09 Å². The molecule has 2 unspecified atom stereocenters. The lowest BCUT2D eigenvalue weighted by molar-refractivity contribution is 0.0858. The van der Waals surface area contributed by atoms with Crippen molar-refractivity contribution in [3.8, 4) is 0 Å². The normalized spacial score (nSPS) is 24.7.